The lowest BCUT2D eigenvalue weighted by atomic mass is 9.94. The zero-order valence-electron chi connectivity index (χ0n) is 19.0. The van der Waals surface area contributed by atoms with Gasteiger partial charge in [-0.2, -0.15) is 0 Å². The molecule has 1 N–H and O–H groups in total. The third-order valence-electron chi connectivity index (χ3n) is 6.77. The third kappa shape index (κ3) is 5.15. The molecule has 0 atom stereocenters. The average Bonchev–Trinajstić information content (AvgIpc) is 3.23. The molecule has 1 heterocycles. The molecule has 7 heteroatoms. The molecule has 6 nitrogen and oxygen atoms in total. The number of hydrogen-bond acceptors (Lipinski definition) is 4. The van der Waals surface area contributed by atoms with Crippen LogP contribution in [0.15, 0.2) is 42.5 Å². The highest BCUT2D eigenvalue weighted by Crippen LogP contribution is 2.30. The van der Waals surface area contributed by atoms with E-state index in [0.717, 1.165) is 17.7 Å². The zero-order chi connectivity index (χ0) is 22.7. The van der Waals surface area contributed by atoms with E-state index in [2.05, 4.69) is 35.5 Å². The quantitative estimate of drug-likeness (QED) is 0.691. The van der Waals surface area contributed by atoms with Gasteiger partial charge < -0.3 is 5.32 Å². The minimum atomic E-state index is -3.29. The van der Waals surface area contributed by atoms with Crippen LogP contribution < -0.4 is 9.62 Å². The molecule has 2 aromatic rings. The highest BCUT2D eigenvalue weighted by molar-refractivity contribution is 7.92. The molecule has 0 bridgehead atoms. The van der Waals surface area contributed by atoms with E-state index < -0.39 is 10.0 Å². The molecule has 0 saturated heterocycles. The lowest BCUT2D eigenvalue weighted by Crippen LogP contribution is -2.33. The molecule has 1 fully saturated rings. The lowest BCUT2D eigenvalue weighted by Gasteiger charge is -2.31. The summed E-state index contributed by atoms with van der Waals surface area (Å²) in [5.74, 6) is -0.138. The smallest absolute Gasteiger partial charge is 0.251 e. The normalized spacial score (nSPS) is 16.9. The standard InChI is InChI=1S/C25H33N3O3S/c1-27(23-10-4-3-5-11-23)18-22-9-7-6-8-21(22)17-26-25(29)20-12-13-24-19(16-20)14-15-28(24)32(2,30)31/h6-9,12-13,16,23H,3-5,10-11,14-15,17-18H2,1-2H3,(H,26,29). The van der Waals surface area contributed by atoms with E-state index in [4.69, 9.17) is 0 Å². The number of hydrogen-bond donors (Lipinski definition) is 1. The van der Waals surface area contributed by atoms with Crippen molar-refractivity contribution in [3.63, 3.8) is 0 Å². The summed E-state index contributed by atoms with van der Waals surface area (Å²) >= 11 is 0. The summed E-state index contributed by atoms with van der Waals surface area (Å²) in [6, 6.07) is 14.2. The summed E-state index contributed by atoms with van der Waals surface area (Å²) in [5, 5.41) is 3.05. The minimum Gasteiger partial charge on any atom is -0.348 e. The van der Waals surface area contributed by atoms with E-state index in [-0.39, 0.29) is 5.91 Å². The van der Waals surface area contributed by atoms with Gasteiger partial charge in [0.25, 0.3) is 5.91 Å². The number of carbonyl (C=O) groups excluding carboxylic acids is 1. The lowest BCUT2D eigenvalue weighted by molar-refractivity contribution is 0.0950. The Morgan fingerprint density at radius 3 is 2.53 bits per heavy atom. The molecule has 32 heavy (non-hydrogen) atoms. The molecule has 2 aliphatic rings. The number of nitrogens with one attached hydrogen (secondary N) is 1. The number of nitrogens with zero attached hydrogens (tertiary/aromatic N) is 2. The minimum absolute atomic E-state index is 0.138. The number of rotatable bonds is 7. The number of anilines is 1. The zero-order valence-corrected chi connectivity index (χ0v) is 19.8. The van der Waals surface area contributed by atoms with Crippen LogP contribution >= 0.6 is 0 Å². The Bertz CT molecular complexity index is 1080. The summed E-state index contributed by atoms with van der Waals surface area (Å²) in [5.41, 5.74) is 4.53. The molecule has 1 aliphatic heterocycles. The molecule has 172 valence electrons. The fourth-order valence-corrected chi connectivity index (χ4v) is 5.90. The Morgan fingerprint density at radius 2 is 1.81 bits per heavy atom. The SMILES string of the molecule is CN(Cc1ccccc1CNC(=O)c1ccc2c(c1)CCN2S(C)(=O)=O)C1CCCCC1. The summed E-state index contributed by atoms with van der Waals surface area (Å²) in [7, 11) is -1.09. The van der Waals surface area contributed by atoms with E-state index in [1.165, 1.54) is 48.2 Å². The average molecular weight is 456 g/mol. The first-order chi connectivity index (χ1) is 15.3. The molecule has 0 radical (unpaired) electrons. The Balaban J connectivity index is 1.41. The summed E-state index contributed by atoms with van der Waals surface area (Å²) in [4.78, 5) is 15.3. The van der Waals surface area contributed by atoms with Crippen molar-refractivity contribution < 1.29 is 13.2 Å². The van der Waals surface area contributed by atoms with Gasteiger partial charge >= 0.3 is 0 Å². The van der Waals surface area contributed by atoms with Crippen LogP contribution in [0, 0.1) is 0 Å². The molecule has 0 unspecified atom stereocenters. The second-order valence-corrected chi connectivity index (χ2v) is 11.0. The van der Waals surface area contributed by atoms with Gasteiger partial charge in [0.15, 0.2) is 0 Å². The van der Waals surface area contributed by atoms with Crippen LogP contribution in [0.2, 0.25) is 0 Å². The van der Waals surface area contributed by atoms with E-state index >= 15 is 0 Å². The summed E-state index contributed by atoms with van der Waals surface area (Å²) < 4.78 is 25.3. The first-order valence-corrected chi connectivity index (χ1v) is 13.3. The number of carbonyl (C=O) groups is 1. The maximum Gasteiger partial charge on any atom is 0.251 e. The maximum atomic E-state index is 12.8. The molecule has 0 aromatic heterocycles. The summed E-state index contributed by atoms with van der Waals surface area (Å²) in [6.07, 6.45) is 8.35. The molecule has 0 spiro atoms. The van der Waals surface area contributed by atoms with Gasteiger partial charge in [-0.15, -0.1) is 0 Å². The number of sulfonamides is 1. The van der Waals surface area contributed by atoms with Crippen molar-refractivity contribution in [1.82, 2.24) is 10.2 Å². The molecule has 1 amide bonds. The van der Waals surface area contributed by atoms with Crippen LogP contribution in [0.4, 0.5) is 5.69 Å². The molecule has 1 saturated carbocycles. The van der Waals surface area contributed by atoms with Crippen molar-refractivity contribution in [2.45, 2.75) is 57.7 Å². The van der Waals surface area contributed by atoms with Crippen molar-refractivity contribution in [3.05, 3.63) is 64.7 Å². The first-order valence-electron chi connectivity index (χ1n) is 11.5. The fraction of sp³-hybridized carbons (Fsp3) is 0.480. The monoisotopic (exact) mass is 455 g/mol. The van der Waals surface area contributed by atoms with Crippen molar-refractivity contribution in [1.29, 1.82) is 0 Å². The van der Waals surface area contributed by atoms with Gasteiger partial charge in [-0.3, -0.25) is 14.0 Å². The van der Waals surface area contributed by atoms with Crippen LogP contribution in [0.1, 0.15) is 59.2 Å². The fourth-order valence-electron chi connectivity index (χ4n) is 4.94. The second-order valence-electron chi connectivity index (χ2n) is 9.09. The molecular weight excluding hydrogens is 422 g/mol. The van der Waals surface area contributed by atoms with E-state index in [1.807, 2.05) is 12.1 Å². The van der Waals surface area contributed by atoms with E-state index in [1.54, 1.807) is 12.1 Å². The number of benzene rings is 2. The molecule has 2 aromatic carbocycles. The van der Waals surface area contributed by atoms with Crippen LogP contribution in [0.25, 0.3) is 0 Å². The van der Waals surface area contributed by atoms with Gasteiger partial charge in [0.2, 0.25) is 10.0 Å². The van der Waals surface area contributed by atoms with Gasteiger partial charge in [0.05, 0.1) is 11.9 Å². The van der Waals surface area contributed by atoms with Crippen molar-refractivity contribution in [2.75, 3.05) is 24.2 Å². The highest BCUT2D eigenvalue weighted by Gasteiger charge is 2.26. The van der Waals surface area contributed by atoms with Crippen molar-refractivity contribution >= 4 is 21.6 Å². The van der Waals surface area contributed by atoms with E-state index in [0.29, 0.717) is 36.8 Å². The topological polar surface area (TPSA) is 69.7 Å². The molecule has 4 rings (SSSR count). The predicted molar refractivity (Wildman–Crippen MR) is 128 cm³/mol. The van der Waals surface area contributed by atoms with Crippen LogP contribution in [-0.4, -0.2) is 45.1 Å². The number of fused-ring (bicyclic) bond motifs is 1. The Morgan fingerprint density at radius 1 is 1.09 bits per heavy atom. The summed E-state index contributed by atoms with van der Waals surface area (Å²) in [6.45, 7) is 1.79. The van der Waals surface area contributed by atoms with Crippen LogP contribution in [0.5, 0.6) is 0 Å². The van der Waals surface area contributed by atoms with Crippen LogP contribution in [0.3, 0.4) is 0 Å². The van der Waals surface area contributed by atoms with Crippen molar-refractivity contribution in [2.24, 2.45) is 0 Å². The molecule has 1 aliphatic carbocycles. The van der Waals surface area contributed by atoms with Crippen molar-refractivity contribution in [3.8, 4) is 0 Å². The maximum absolute atomic E-state index is 12.8. The van der Waals surface area contributed by atoms with E-state index in [9.17, 15) is 13.2 Å². The Kier molecular flexibility index (Phi) is 6.86. The molecular formula is C25H33N3O3S. The third-order valence-corrected chi connectivity index (χ3v) is 7.95. The first kappa shape index (κ1) is 22.8. The van der Waals surface area contributed by atoms with Gasteiger partial charge in [0.1, 0.15) is 0 Å². The second kappa shape index (κ2) is 9.63. The van der Waals surface area contributed by atoms with Gasteiger partial charge in [-0.25, -0.2) is 8.42 Å². The van der Waals surface area contributed by atoms with Gasteiger partial charge in [0, 0.05) is 31.2 Å². The largest absolute Gasteiger partial charge is 0.348 e. The number of amides is 1. The van der Waals surface area contributed by atoms with Gasteiger partial charge in [-0.05, 0) is 61.2 Å². The van der Waals surface area contributed by atoms with Crippen LogP contribution in [-0.2, 0) is 29.5 Å². The Hall–Kier alpha value is -2.38. The van der Waals surface area contributed by atoms with Gasteiger partial charge in [-0.1, -0.05) is 43.5 Å². The predicted octanol–water partition coefficient (Wildman–Crippen LogP) is 3.70. The highest BCUT2D eigenvalue weighted by atomic mass is 32.2. The Labute approximate surface area is 191 Å².